The van der Waals surface area contributed by atoms with Crippen LogP contribution in [0.2, 0.25) is 0 Å². The van der Waals surface area contributed by atoms with Crippen LogP contribution in [0.15, 0.2) is 36.1 Å². The first kappa shape index (κ1) is 30.8. The van der Waals surface area contributed by atoms with Gasteiger partial charge in [-0.3, -0.25) is 9.69 Å². The predicted octanol–water partition coefficient (Wildman–Crippen LogP) is 7.31. The summed E-state index contributed by atoms with van der Waals surface area (Å²) in [6.07, 6.45) is 8.57. The van der Waals surface area contributed by atoms with Crippen molar-refractivity contribution in [2.75, 3.05) is 26.2 Å². The van der Waals surface area contributed by atoms with Gasteiger partial charge in [0, 0.05) is 13.1 Å². The number of aliphatic carboxylic acids is 1. The van der Waals surface area contributed by atoms with Crippen molar-refractivity contribution in [3.63, 3.8) is 0 Å². The zero-order valence-corrected chi connectivity index (χ0v) is 21.0. The average molecular weight is 502 g/mol. The molecule has 0 heterocycles. The van der Waals surface area contributed by atoms with Crippen molar-refractivity contribution in [3.8, 4) is 5.75 Å². The van der Waals surface area contributed by atoms with Crippen LogP contribution in [0.1, 0.15) is 83.1 Å². The highest BCUT2D eigenvalue weighted by Crippen LogP contribution is 2.23. The molecule has 0 aliphatic heterocycles. The van der Waals surface area contributed by atoms with Crippen molar-refractivity contribution in [2.24, 2.45) is 0 Å². The van der Waals surface area contributed by atoms with Gasteiger partial charge in [0.15, 0.2) is 5.76 Å². The second-order valence-corrected chi connectivity index (χ2v) is 8.95. The summed E-state index contributed by atoms with van der Waals surface area (Å²) in [5, 5.41) is 18.0. The van der Waals surface area contributed by atoms with E-state index in [1.807, 2.05) is 0 Å². The van der Waals surface area contributed by atoms with E-state index in [0.29, 0.717) is 31.0 Å². The molecule has 35 heavy (non-hydrogen) atoms. The summed E-state index contributed by atoms with van der Waals surface area (Å²) in [5.74, 6) is -1.82. The lowest BCUT2D eigenvalue weighted by Gasteiger charge is -2.21. The minimum absolute atomic E-state index is 0.0343. The number of aliphatic hydroxyl groups excluding tert-OH is 1. The van der Waals surface area contributed by atoms with E-state index in [9.17, 15) is 18.0 Å². The number of hydrogen-bond acceptors (Lipinski definition) is 4. The molecule has 8 heteroatoms. The molecule has 0 amide bonds. The third-order valence-electron chi connectivity index (χ3n) is 5.89. The molecular weight excluding hydrogens is 459 g/mol. The molecule has 0 atom stereocenters. The molecule has 1 rings (SSSR count). The average Bonchev–Trinajstić information content (AvgIpc) is 2.81. The number of hydrogen-bond donors (Lipinski definition) is 2. The van der Waals surface area contributed by atoms with E-state index in [1.54, 1.807) is 24.3 Å². The Kier molecular flexibility index (Phi) is 15.9. The first-order valence-corrected chi connectivity index (χ1v) is 12.8. The van der Waals surface area contributed by atoms with Crippen LogP contribution in [0.25, 0.3) is 0 Å². The van der Waals surface area contributed by atoms with Crippen LogP contribution in [-0.4, -0.2) is 53.5 Å². The first-order valence-electron chi connectivity index (χ1n) is 12.8. The fourth-order valence-corrected chi connectivity index (χ4v) is 3.76. The second-order valence-electron chi connectivity index (χ2n) is 8.95. The topological polar surface area (TPSA) is 70.0 Å². The van der Waals surface area contributed by atoms with Gasteiger partial charge in [0.1, 0.15) is 12.4 Å². The zero-order chi connectivity index (χ0) is 25.9. The van der Waals surface area contributed by atoms with Crippen LogP contribution < -0.4 is 4.74 Å². The van der Waals surface area contributed by atoms with Gasteiger partial charge in [0.05, 0.1) is 6.42 Å². The third-order valence-corrected chi connectivity index (χ3v) is 5.89. The van der Waals surface area contributed by atoms with Crippen molar-refractivity contribution in [2.45, 2.75) is 90.1 Å². The number of unbranched alkanes of at least 4 members (excludes halogenated alkanes) is 9. The van der Waals surface area contributed by atoms with Crippen LogP contribution in [0, 0.1) is 0 Å². The van der Waals surface area contributed by atoms with Gasteiger partial charge in [-0.1, -0.05) is 76.8 Å². The van der Waals surface area contributed by atoms with Crippen LogP contribution in [0.4, 0.5) is 13.2 Å². The van der Waals surface area contributed by atoms with Gasteiger partial charge in [-0.05, 0) is 43.2 Å². The third kappa shape index (κ3) is 16.1. The van der Waals surface area contributed by atoms with E-state index >= 15 is 0 Å². The molecule has 0 aliphatic rings. The smallest absolute Gasteiger partial charge is 0.448 e. The normalized spacial score (nSPS) is 12.3. The van der Waals surface area contributed by atoms with Crippen molar-refractivity contribution in [3.05, 3.63) is 41.7 Å². The minimum Gasteiger partial charge on any atom is -0.504 e. The van der Waals surface area contributed by atoms with Crippen molar-refractivity contribution in [1.82, 2.24) is 4.90 Å². The number of rotatable bonds is 20. The van der Waals surface area contributed by atoms with Gasteiger partial charge in [0.25, 0.3) is 0 Å². The number of carboxylic acid groups (broad SMARTS) is 1. The quantitative estimate of drug-likeness (QED) is 0.145. The van der Waals surface area contributed by atoms with Gasteiger partial charge in [-0.25, -0.2) is 0 Å². The fraction of sp³-hybridized carbons (Fsp3) is 0.667. The maximum absolute atomic E-state index is 12.3. The molecule has 0 radical (unpaired) electrons. The number of halogens is 3. The Bertz CT molecular complexity index is 720. The number of aliphatic hydroxyl groups is 1. The molecule has 0 spiro atoms. The summed E-state index contributed by atoms with van der Waals surface area (Å²) in [7, 11) is 0. The first-order chi connectivity index (χ1) is 16.7. The molecule has 0 unspecified atom stereocenters. The van der Waals surface area contributed by atoms with Crippen molar-refractivity contribution < 1.29 is 32.9 Å². The van der Waals surface area contributed by atoms with Gasteiger partial charge < -0.3 is 14.9 Å². The molecule has 0 saturated heterocycles. The summed E-state index contributed by atoms with van der Waals surface area (Å²) >= 11 is 0. The standard InChI is InChI=1S/C27H42F3NO4/c1-2-3-4-5-6-7-8-9-10-11-19-31(20-18-26(33)34)21-22-35-24-15-12-23(13-16-24)14-17-25(32)27(28,29)30/h12-13,15-17,32H,2-11,14,18-22H2,1H3,(H,33,34)/b25-17-. The number of carboxylic acids is 1. The van der Waals surface area contributed by atoms with Crippen molar-refractivity contribution in [1.29, 1.82) is 0 Å². The summed E-state index contributed by atoms with van der Waals surface area (Å²) in [6.45, 7) is 4.54. The Morgan fingerprint density at radius 2 is 1.46 bits per heavy atom. The SMILES string of the molecule is CCCCCCCCCCCCN(CCOc1ccc(C/C=C(\O)C(F)(F)F)cc1)CCC(=O)O. The van der Waals surface area contributed by atoms with E-state index in [1.165, 1.54) is 51.4 Å². The Labute approximate surface area is 208 Å². The minimum atomic E-state index is -4.73. The lowest BCUT2D eigenvalue weighted by Crippen LogP contribution is -2.31. The molecule has 200 valence electrons. The molecule has 1 aromatic rings. The molecule has 0 fully saturated rings. The Hall–Kier alpha value is -2.22. The molecular formula is C27H42F3NO4. The second kappa shape index (κ2) is 18.1. The number of benzene rings is 1. The number of alkyl halides is 3. The molecule has 1 aromatic carbocycles. The summed E-state index contributed by atoms with van der Waals surface area (Å²) in [4.78, 5) is 13.1. The Morgan fingerprint density at radius 3 is 2.00 bits per heavy atom. The summed E-state index contributed by atoms with van der Waals surface area (Å²) in [5.41, 5.74) is 0.622. The summed E-state index contributed by atoms with van der Waals surface area (Å²) < 4.78 is 42.8. The van der Waals surface area contributed by atoms with Crippen LogP contribution in [0.5, 0.6) is 5.75 Å². The van der Waals surface area contributed by atoms with E-state index in [2.05, 4.69) is 11.8 Å². The van der Waals surface area contributed by atoms with E-state index < -0.39 is 17.9 Å². The number of carbonyl (C=O) groups is 1. The Balaban J connectivity index is 2.32. The van der Waals surface area contributed by atoms with Crippen molar-refractivity contribution >= 4 is 5.97 Å². The largest absolute Gasteiger partial charge is 0.504 e. The van der Waals surface area contributed by atoms with Gasteiger partial charge in [-0.15, -0.1) is 0 Å². The number of ether oxygens (including phenoxy) is 1. The van der Waals surface area contributed by atoms with Gasteiger partial charge in [0.2, 0.25) is 0 Å². The summed E-state index contributed by atoms with van der Waals surface area (Å²) in [6, 6.07) is 6.66. The van der Waals surface area contributed by atoms with E-state index in [0.717, 1.165) is 25.5 Å². The highest BCUT2D eigenvalue weighted by atomic mass is 19.4. The predicted molar refractivity (Wildman–Crippen MR) is 133 cm³/mol. The van der Waals surface area contributed by atoms with E-state index in [-0.39, 0.29) is 12.8 Å². The maximum Gasteiger partial charge on any atom is 0.448 e. The number of nitrogens with zero attached hydrogens (tertiary/aromatic N) is 1. The highest BCUT2D eigenvalue weighted by molar-refractivity contribution is 5.66. The van der Waals surface area contributed by atoms with Crippen LogP contribution in [-0.2, 0) is 11.2 Å². The molecule has 5 nitrogen and oxygen atoms in total. The lowest BCUT2D eigenvalue weighted by atomic mass is 10.1. The van der Waals surface area contributed by atoms with Crippen LogP contribution >= 0.6 is 0 Å². The van der Waals surface area contributed by atoms with E-state index in [4.69, 9.17) is 14.9 Å². The van der Waals surface area contributed by atoms with Gasteiger partial charge >= 0.3 is 12.1 Å². The molecule has 0 aliphatic carbocycles. The molecule has 2 N–H and O–H groups in total. The zero-order valence-electron chi connectivity index (χ0n) is 21.0. The molecule has 0 aromatic heterocycles. The lowest BCUT2D eigenvalue weighted by molar-refractivity contribution is -0.137. The monoisotopic (exact) mass is 501 g/mol. The molecule has 0 bridgehead atoms. The maximum atomic E-state index is 12.3. The molecule has 0 saturated carbocycles. The van der Waals surface area contributed by atoms with Crippen LogP contribution in [0.3, 0.4) is 0 Å². The van der Waals surface area contributed by atoms with Gasteiger partial charge in [-0.2, -0.15) is 13.2 Å². The number of allylic oxidation sites excluding steroid dienone is 2. The fourth-order valence-electron chi connectivity index (χ4n) is 3.76. The highest BCUT2D eigenvalue weighted by Gasteiger charge is 2.33. The Morgan fingerprint density at radius 1 is 0.886 bits per heavy atom.